The lowest BCUT2D eigenvalue weighted by atomic mass is 10.1. The Balaban J connectivity index is 0.00000144. The van der Waals surface area contributed by atoms with Gasteiger partial charge in [0.25, 0.3) is 5.91 Å². The molecule has 2 unspecified atom stereocenters. The van der Waals surface area contributed by atoms with Crippen molar-refractivity contribution in [2.75, 3.05) is 19.6 Å². The maximum absolute atomic E-state index is 12.2. The smallest absolute Gasteiger partial charge is 0.252 e. The number of halogens is 1. The summed E-state index contributed by atoms with van der Waals surface area (Å²) in [6, 6.07) is 0.297. The first kappa shape index (κ1) is 14.7. The van der Waals surface area contributed by atoms with Crippen molar-refractivity contribution in [3.05, 3.63) is 0 Å². The Labute approximate surface area is 109 Å². The topological polar surface area (TPSA) is 41.6 Å². The van der Waals surface area contributed by atoms with E-state index >= 15 is 0 Å². The Bertz CT molecular complexity index is 263. The highest BCUT2D eigenvalue weighted by atomic mass is 35.5. The zero-order chi connectivity index (χ0) is 11.5. The molecule has 4 nitrogen and oxygen atoms in total. The first-order chi connectivity index (χ1) is 7.72. The summed E-state index contributed by atoms with van der Waals surface area (Å²) in [5.41, 5.74) is 0. The third-order valence-electron chi connectivity index (χ3n) is 3.62. The average Bonchev–Trinajstić information content (AvgIpc) is 2.77. The van der Waals surface area contributed by atoms with E-state index < -0.39 is 0 Å². The second-order valence-corrected chi connectivity index (χ2v) is 4.82. The van der Waals surface area contributed by atoms with Crippen LogP contribution in [0, 0.1) is 0 Å². The van der Waals surface area contributed by atoms with E-state index in [2.05, 4.69) is 19.2 Å². The third kappa shape index (κ3) is 3.33. The van der Waals surface area contributed by atoms with Crippen LogP contribution in [0.2, 0.25) is 0 Å². The van der Waals surface area contributed by atoms with Gasteiger partial charge in [-0.2, -0.15) is 0 Å². The number of hydrogen-bond acceptors (Lipinski definition) is 3. The van der Waals surface area contributed by atoms with E-state index in [4.69, 9.17) is 4.74 Å². The Hall–Kier alpha value is -0.320. The second-order valence-electron chi connectivity index (χ2n) is 4.82. The molecule has 2 aliphatic heterocycles. The molecular weight excluding hydrogens is 240 g/mol. The normalized spacial score (nSPS) is 33.3. The van der Waals surface area contributed by atoms with E-state index in [9.17, 15) is 4.79 Å². The van der Waals surface area contributed by atoms with Crippen LogP contribution in [0.15, 0.2) is 0 Å². The zero-order valence-corrected chi connectivity index (χ0v) is 11.5. The predicted octanol–water partition coefficient (Wildman–Crippen LogP) is 1.19. The maximum Gasteiger partial charge on any atom is 0.252 e. The molecule has 1 amide bonds. The van der Waals surface area contributed by atoms with Crippen molar-refractivity contribution in [1.82, 2.24) is 10.2 Å². The predicted molar refractivity (Wildman–Crippen MR) is 69.5 cm³/mol. The molecule has 0 aliphatic carbocycles. The van der Waals surface area contributed by atoms with Gasteiger partial charge >= 0.3 is 0 Å². The van der Waals surface area contributed by atoms with Gasteiger partial charge in [0, 0.05) is 25.7 Å². The quantitative estimate of drug-likeness (QED) is 0.813. The first-order valence-electron chi connectivity index (χ1n) is 6.39. The van der Waals surface area contributed by atoms with Crippen LogP contribution in [0.4, 0.5) is 0 Å². The number of rotatable bonds is 2. The molecule has 0 radical (unpaired) electrons. The van der Waals surface area contributed by atoms with Gasteiger partial charge in [0.2, 0.25) is 0 Å². The monoisotopic (exact) mass is 262 g/mol. The summed E-state index contributed by atoms with van der Waals surface area (Å²) < 4.78 is 5.76. The highest BCUT2D eigenvalue weighted by molar-refractivity contribution is 5.85. The fourth-order valence-corrected chi connectivity index (χ4v) is 2.54. The number of ether oxygens (including phenoxy) is 1. The minimum atomic E-state index is -0.175. The fraction of sp³-hybridized carbons (Fsp3) is 0.917. The van der Waals surface area contributed by atoms with Gasteiger partial charge in [0.1, 0.15) is 6.10 Å². The van der Waals surface area contributed by atoms with Gasteiger partial charge in [-0.25, -0.2) is 0 Å². The van der Waals surface area contributed by atoms with Crippen molar-refractivity contribution < 1.29 is 9.53 Å². The summed E-state index contributed by atoms with van der Waals surface area (Å²) in [5, 5.41) is 3.30. The molecule has 2 fully saturated rings. The third-order valence-corrected chi connectivity index (χ3v) is 3.62. The van der Waals surface area contributed by atoms with Crippen LogP contribution in [-0.2, 0) is 9.53 Å². The summed E-state index contributed by atoms with van der Waals surface area (Å²) >= 11 is 0. The lowest BCUT2D eigenvalue weighted by molar-refractivity contribution is -0.145. The number of carbonyl (C=O) groups is 1. The molecule has 2 aliphatic rings. The highest BCUT2D eigenvalue weighted by Gasteiger charge is 2.34. The number of carbonyl (C=O) groups excluding carboxylic acids is 1. The second kappa shape index (κ2) is 6.57. The number of nitrogens with zero attached hydrogens (tertiary/aromatic N) is 1. The molecule has 1 N–H and O–H groups in total. The van der Waals surface area contributed by atoms with E-state index in [0.717, 1.165) is 38.9 Å². The Morgan fingerprint density at radius 2 is 2.24 bits per heavy atom. The van der Waals surface area contributed by atoms with Gasteiger partial charge in [0.05, 0.1) is 6.10 Å². The number of nitrogens with one attached hydrogen (secondary N) is 1. The van der Waals surface area contributed by atoms with Crippen LogP contribution in [0.5, 0.6) is 0 Å². The minimum absolute atomic E-state index is 0. The molecular formula is C12H23ClN2O2. The van der Waals surface area contributed by atoms with E-state index in [0.29, 0.717) is 12.1 Å². The van der Waals surface area contributed by atoms with E-state index in [1.165, 1.54) is 0 Å². The molecule has 17 heavy (non-hydrogen) atoms. The average molecular weight is 263 g/mol. The van der Waals surface area contributed by atoms with Gasteiger partial charge in [-0.15, -0.1) is 12.4 Å². The van der Waals surface area contributed by atoms with Gasteiger partial charge in [-0.1, -0.05) is 6.92 Å². The molecule has 2 heterocycles. The molecule has 0 bridgehead atoms. The molecule has 3 atom stereocenters. The Morgan fingerprint density at radius 3 is 2.82 bits per heavy atom. The SMILES string of the molecule is CCC1CCC(C(=O)N2CCNC[C@H]2C)O1.Cl. The van der Waals surface area contributed by atoms with Gasteiger partial charge < -0.3 is 15.0 Å². The van der Waals surface area contributed by atoms with Gasteiger partial charge in [0.15, 0.2) is 0 Å². The van der Waals surface area contributed by atoms with E-state index in [1.54, 1.807) is 0 Å². The lowest BCUT2D eigenvalue weighted by Crippen LogP contribution is -2.54. The summed E-state index contributed by atoms with van der Waals surface area (Å²) in [7, 11) is 0. The molecule has 0 aromatic rings. The molecule has 0 aromatic carbocycles. The van der Waals surface area contributed by atoms with E-state index in [-0.39, 0.29) is 24.4 Å². The molecule has 0 spiro atoms. The molecule has 0 aromatic heterocycles. The number of amides is 1. The largest absolute Gasteiger partial charge is 0.365 e. The van der Waals surface area contributed by atoms with E-state index in [1.807, 2.05) is 4.90 Å². The Kier molecular flexibility index (Phi) is 5.70. The van der Waals surface area contributed by atoms with Crippen molar-refractivity contribution in [2.24, 2.45) is 0 Å². The van der Waals surface area contributed by atoms with Crippen molar-refractivity contribution in [3.63, 3.8) is 0 Å². The molecule has 0 saturated carbocycles. The van der Waals surface area contributed by atoms with Crippen molar-refractivity contribution in [1.29, 1.82) is 0 Å². The van der Waals surface area contributed by atoms with Crippen LogP contribution < -0.4 is 5.32 Å². The summed E-state index contributed by atoms with van der Waals surface area (Å²) in [6.07, 6.45) is 3.07. The fourth-order valence-electron chi connectivity index (χ4n) is 2.54. The summed E-state index contributed by atoms with van der Waals surface area (Å²) in [6.45, 7) is 6.83. The number of piperazine rings is 1. The summed E-state index contributed by atoms with van der Waals surface area (Å²) in [5.74, 6) is 0.199. The van der Waals surface area contributed by atoms with Crippen LogP contribution in [0.25, 0.3) is 0 Å². The minimum Gasteiger partial charge on any atom is -0.365 e. The summed E-state index contributed by atoms with van der Waals surface area (Å²) in [4.78, 5) is 14.2. The molecule has 2 rings (SSSR count). The molecule has 100 valence electrons. The van der Waals surface area contributed by atoms with Crippen LogP contribution in [0.1, 0.15) is 33.1 Å². The van der Waals surface area contributed by atoms with Crippen LogP contribution >= 0.6 is 12.4 Å². The van der Waals surface area contributed by atoms with Gasteiger partial charge in [-0.3, -0.25) is 4.79 Å². The highest BCUT2D eigenvalue weighted by Crippen LogP contribution is 2.24. The molecule has 5 heteroatoms. The van der Waals surface area contributed by atoms with Crippen molar-refractivity contribution >= 4 is 18.3 Å². The van der Waals surface area contributed by atoms with Gasteiger partial charge in [-0.05, 0) is 26.2 Å². The standard InChI is InChI=1S/C12H22N2O2.ClH/c1-3-10-4-5-11(16-10)12(15)14-7-6-13-8-9(14)2;/h9-11,13H,3-8H2,1-2H3;1H/t9-,10?,11?;/m1./s1. The lowest BCUT2D eigenvalue weighted by Gasteiger charge is -2.35. The van der Waals surface area contributed by atoms with Crippen LogP contribution in [-0.4, -0.2) is 48.7 Å². The van der Waals surface area contributed by atoms with Crippen molar-refractivity contribution in [3.8, 4) is 0 Å². The Morgan fingerprint density at radius 1 is 1.47 bits per heavy atom. The first-order valence-corrected chi connectivity index (χ1v) is 6.39. The van der Waals surface area contributed by atoms with Crippen molar-refractivity contribution in [2.45, 2.75) is 51.4 Å². The molecule has 2 saturated heterocycles. The zero-order valence-electron chi connectivity index (χ0n) is 10.6. The maximum atomic E-state index is 12.2. The van der Waals surface area contributed by atoms with Crippen LogP contribution in [0.3, 0.4) is 0 Å². The number of hydrogen-bond donors (Lipinski definition) is 1.